The van der Waals surface area contributed by atoms with E-state index in [0.29, 0.717) is 5.57 Å². The third-order valence-electron chi connectivity index (χ3n) is 4.13. The summed E-state index contributed by atoms with van der Waals surface area (Å²) in [6.45, 7) is 2.37. The topological polar surface area (TPSA) is 49.8 Å². The number of benzene rings is 2. The van der Waals surface area contributed by atoms with Crippen LogP contribution in [0.25, 0.3) is 11.1 Å². The second-order valence-electron chi connectivity index (χ2n) is 5.87. The minimum atomic E-state index is -0.847. The normalized spacial score (nSPS) is 17.6. The summed E-state index contributed by atoms with van der Waals surface area (Å²) < 4.78 is 4.90. The van der Waals surface area contributed by atoms with Crippen LogP contribution < -0.4 is 0 Å². The van der Waals surface area contributed by atoms with E-state index >= 15 is 0 Å². The lowest BCUT2D eigenvalue weighted by molar-refractivity contribution is -0.132. The van der Waals surface area contributed by atoms with Crippen molar-refractivity contribution >= 4 is 5.97 Å². The lowest BCUT2D eigenvalue weighted by Crippen LogP contribution is -1.96. The molecule has 0 bridgehead atoms. The summed E-state index contributed by atoms with van der Waals surface area (Å²) in [5.41, 5.74) is 6.15. The standard InChI is InChI=1S/C13H10.C7H10O3/c1-3-7-12-10(5-1)9-11-6-2-4-8-13(11)12;1-5(7(8)9)2-3-6-4-10-6/h1-8H,9H2;2,6H,3-4H2,1H3,(H,8,9). The average molecular weight is 308 g/mol. The van der Waals surface area contributed by atoms with Crippen LogP contribution in [0.4, 0.5) is 0 Å². The average Bonchev–Trinajstić information content (AvgIpc) is 3.32. The molecule has 1 saturated heterocycles. The van der Waals surface area contributed by atoms with Crippen molar-refractivity contribution in [2.45, 2.75) is 25.9 Å². The Morgan fingerprint density at radius 2 is 1.65 bits per heavy atom. The van der Waals surface area contributed by atoms with Crippen LogP contribution in [0.1, 0.15) is 24.5 Å². The Morgan fingerprint density at radius 1 is 1.13 bits per heavy atom. The summed E-state index contributed by atoms with van der Waals surface area (Å²) in [5, 5.41) is 8.41. The summed E-state index contributed by atoms with van der Waals surface area (Å²) in [6, 6.07) is 17.3. The number of fused-ring (bicyclic) bond motifs is 3. The van der Waals surface area contributed by atoms with E-state index in [1.807, 2.05) is 0 Å². The smallest absolute Gasteiger partial charge is 0.330 e. The van der Waals surface area contributed by atoms with E-state index in [1.165, 1.54) is 22.3 Å². The van der Waals surface area contributed by atoms with Crippen molar-refractivity contribution in [2.75, 3.05) is 6.61 Å². The van der Waals surface area contributed by atoms with Gasteiger partial charge in [0.1, 0.15) is 0 Å². The first-order valence-electron chi connectivity index (χ1n) is 7.83. The molecular formula is C20H20O3. The van der Waals surface area contributed by atoms with Crippen LogP contribution >= 0.6 is 0 Å². The van der Waals surface area contributed by atoms with Gasteiger partial charge in [-0.15, -0.1) is 0 Å². The molecule has 1 aliphatic heterocycles. The number of carboxylic acids is 1. The number of carboxylic acid groups (broad SMARTS) is 1. The zero-order valence-corrected chi connectivity index (χ0v) is 13.2. The third-order valence-corrected chi connectivity index (χ3v) is 4.13. The minimum absolute atomic E-state index is 0.286. The van der Waals surface area contributed by atoms with Crippen molar-refractivity contribution < 1.29 is 14.6 Å². The first kappa shape index (κ1) is 15.5. The summed E-state index contributed by atoms with van der Waals surface area (Å²) in [6.07, 6.45) is 3.82. The highest BCUT2D eigenvalue weighted by molar-refractivity contribution is 5.85. The van der Waals surface area contributed by atoms with E-state index in [4.69, 9.17) is 9.84 Å². The highest BCUT2D eigenvalue weighted by Crippen LogP contribution is 2.35. The number of aliphatic carboxylic acids is 1. The van der Waals surface area contributed by atoms with Crippen LogP contribution in [0.3, 0.4) is 0 Å². The molecule has 2 aromatic rings. The Morgan fingerprint density at radius 3 is 2.13 bits per heavy atom. The summed E-state index contributed by atoms with van der Waals surface area (Å²) in [5.74, 6) is -0.847. The summed E-state index contributed by atoms with van der Waals surface area (Å²) in [4.78, 5) is 10.2. The summed E-state index contributed by atoms with van der Waals surface area (Å²) >= 11 is 0. The predicted octanol–water partition coefficient (Wildman–Crippen LogP) is 4.06. The van der Waals surface area contributed by atoms with Crippen molar-refractivity contribution in [3.8, 4) is 11.1 Å². The molecule has 118 valence electrons. The highest BCUT2D eigenvalue weighted by atomic mass is 16.6. The van der Waals surface area contributed by atoms with Crippen LogP contribution in [0.15, 0.2) is 60.2 Å². The molecule has 2 aliphatic rings. The lowest BCUT2D eigenvalue weighted by Gasteiger charge is -1.98. The molecule has 1 heterocycles. The molecule has 0 spiro atoms. The van der Waals surface area contributed by atoms with Gasteiger partial charge in [-0.05, 0) is 42.0 Å². The van der Waals surface area contributed by atoms with Crippen molar-refractivity contribution in [1.82, 2.24) is 0 Å². The van der Waals surface area contributed by atoms with E-state index < -0.39 is 5.97 Å². The molecular weight excluding hydrogens is 288 g/mol. The fourth-order valence-electron chi connectivity index (χ4n) is 2.68. The van der Waals surface area contributed by atoms with Gasteiger partial charge in [0.2, 0.25) is 0 Å². The van der Waals surface area contributed by atoms with Crippen LogP contribution in [-0.4, -0.2) is 23.8 Å². The largest absolute Gasteiger partial charge is 0.478 e. The van der Waals surface area contributed by atoms with Crippen molar-refractivity contribution in [1.29, 1.82) is 0 Å². The molecule has 2 aromatic carbocycles. The minimum Gasteiger partial charge on any atom is -0.478 e. The van der Waals surface area contributed by atoms with E-state index in [1.54, 1.807) is 13.0 Å². The van der Waals surface area contributed by atoms with Crippen LogP contribution in [0.2, 0.25) is 0 Å². The molecule has 1 aliphatic carbocycles. The number of rotatable bonds is 3. The Hall–Kier alpha value is -2.39. The molecule has 0 radical (unpaired) electrons. The van der Waals surface area contributed by atoms with Gasteiger partial charge in [-0.25, -0.2) is 4.79 Å². The fraction of sp³-hybridized carbons (Fsp3) is 0.250. The molecule has 0 aromatic heterocycles. The van der Waals surface area contributed by atoms with Gasteiger partial charge < -0.3 is 9.84 Å². The van der Waals surface area contributed by atoms with Gasteiger partial charge in [-0.1, -0.05) is 54.6 Å². The monoisotopic (exact) mass is 308 g/mol. The number of hydrogen-bond acceptors (Lipinski definition) is 2. The Labute approximate surface area is 136 Å². The van der Waals surface area contributed by atoms with E-state index in [9.17, 15) is 4.79 Å². The van der Waals surface area contributed by atoms with E-state index in [2.05, 4.69) is 48.5 Å². The molecule has 0 amide bonds. The van der Waals surface area contributed by atoms with E-state index in [-0.39, 0.29) is 6.10 Å². The first-order valence-corrected chi connectivity index (χ1v) is 7.83. The number of hydrogen-bond donors (Lipinski definition) is 1. The molecule has 0 saturated carbocycles. The summed E-state index contributed by atoms with van der Waals surface area (Å²) in [7, 11) is 0. The lowest BCUT2D eigenvalue weighted by atomic mass is 10.1. The number of epoxide rings is 1. The first-order chi connectivity index (χ1) is 11.1. The molecule has 4 rings (SSSR count). The second-order valence-corrected chi connectivity index (χ2v) is 5.87. The molecule has 3 heteroatoms. The maximum atomic E-state index is 10.2. The van der Waals surface area contributed by atoms with Crippen molar-refractivity contribution in [3.05, 3.63) is 71.3 Å². The fourth-order valence-corrected chi connectivity index (χ4v) is 2.68. The molecule has 23 heavy (non-hydrogen) atoms. The number of carbonyl (C=O) groups is 1. The van der Waals surface area contributed by atoms with Gasteiger partial charge in [-0.3, -0.25) is 0 Å². The van der Waals surface area contributed by atoms with Crippen molar-refractivity contribution in [3.63, 3.8) is 0 Å². The Balaban J connectivity index is 0.000000142. The SMILES string of the molecule is CC(=CCC1CO1)C(=O)O.c1ccc2c(c1)Cc1ccccc1-2. The molecule has 1 N–H and O–H groups in total. The zero-order valence-electron chi connectivity index (χ0n) is 13.2. The molecule has 3 nitrogen and oxygen atoms in total. The van der Waals surface area contributed by atoms with E-state index in [0.717, 1.165) is 19.4 Å². The maximum absolute atomic E-state index is 10.2. The number of ether oxygens (including phenoxy) is 1. The highest BCUT2D eigenvalue weighted by Gasteiger charge is 2.20. The van der Waals surface area contributed by atoms with Crippen LogP contribution in [0, 0.1) is 0 Å². The van der Waals surface area contributed by atoms with Gasteiger partial charge in [-0.2, -0.15) is 0 Å². The van der Waals surface area contributed by atoms with Crippen LogP contribution in [-0.2, 0) is 16.0 Å². The zero-order chi connectivity index (χ0) is 16.2. The molecule has 1 fully saturated rings. The third kappa shape index (κ3) is 3.88. The molecule has 1 unspecified atom stereocenters. The Bertz CT molecular complexity index is 699. The Kier molecular flexibility index (Phi) is 4.58. The van der Waals surface area contributed by atoms with Gasteiger partial charge in [0.05, 0.1) is 12.7 Å². The van der Waals surface area contributed by atoms with Gasteiger partial charge in [0.15, 0.2) is 0 Å². The quantitative estimate of drug-likeness (QED) is 0.586. The van der Waals surface area contributed by atoms with Gasteiger partial charge >= 0.3 is 5.97 Å². The van der Waals surface area contributed by atoms with Gasteiger partial charge in [0, 0.05) is 5.57 Å². The molecule has 1 atom stereocenters. The second kappa shape index (κ2) is 6.80. The maximum Gasteiger partial charge on any atom is 0.330 e. The van der Waals surface area contributed by atoms with Crippen molar-refractivity contribution in [2.24, 2.45) is 0 Å². The van der Waals surface area contributed by atoms with Crippen LogP contribution in [0.5, 0.6) is 0 Å². The predicted molar refractivity (Wildman–Crippen MR) is 90.4 cm³/mol. The van der Waals surface area contributed by atoms with Gasteiger partial charge in [0.25, 0.3) is 0 Å².